The highest BCUT2D eigenvalue weighted by Gasteiger charge is 2.25. The number of fused-ring (bicyclic) bond motifs is 1. The molecule has 1 heterocycles. The normalized spacial score (nSPS) is 11.6. The number of benzene rings is 1. The third-order valence-electron chi connectivity index (χ3n) is 3.47. The van der Waals surface area contributed by atoms with Crippen LogP contribution in [-0.2, 0) is 11.3 Å². The maximum atomic E-state index is 11.7. The summed E-state index contributed by atoms with van der Waals surface area (Å²) in [5.41, 5.74) is 0.725. The summed E-state index contributed by atoms with van der Waals surface area (Å²) in [5, 5.41) is 8.38. The van der Waals surface area contributed by atoms with Crippen molar-refractivity contribution in [2.75, 3.05) is 13.6 Å². The number of amides is 1. The molecule has 106 valence electrons. The lowest BCUT2D eigenvalue weighted by Crippen LogP contribution is -2.41. The Bertz CT molecular complexity index is 602. The summed E-state index contributed by atoms with van der Waals surface area (Å²) >= 11 is 0. The fourth-order valence-electron chi connectivity index (χ4n) is 2.25. The van der Waals surface area contributed by atoms with Gasteiger partial charge < -0.3 is 10.6 Å². The molecule has 1 aromatic carbocycles. The first-order valence-electron chi connectivity index (χ1n) is 6.79. The van der Waals surface area contributed by atoms with Gasteiger partial charge in [0.2, 0.25) is 5.91 Å². The molecular weight excluding hydrogens is 250 g/mol. The number of rotatable bonds is 5. The van der Waals surface area contributed by atoms with Crippen LogP contribution in [-0.4, -0.2) is 24.5 Å². The van der Waals surface area contributed by atoms with E-state index in [1.54, 1.807) is 7.05 Å². The molecule has 0 bridgehead atoms. The molecule has 2 rings (SSSR count). The van der Waals surface area contributed by atoms with Crippen LogP contribution in [0.25, 0.3) is 10.8 Å². The largest absolute Gasteiger partial charge is 0.359 e. The number of nitrogens with zero attached hydrogens (tertiary/aromatic N) is 1. The van der Waals surface area contributed by atoms with E-state index in [2.05, 4.69) is 27.8 Å². The summed E-state index contributed by atoms with van der Waals surface area (Å²) in [4.78, 5) is 16.0. The first kappa shape index (κ1) is 14.5. The average molecular weight is 271 g/mol. The molecule has 2 aromatic rings. The van der Waals surface area contributed by atoms with Gasteiger partial charge in [0.05, 0.1) is 5.41 Å². The molecule has 0 saturated carbocycles. The molecule has 0 aliphatic rings. The van der Waals surface area contributed by atoms with Crippen molar-refractivity contribution in [2.24, 2.45) is 5.41 Å². The maximum absolute atomic E-state index is 11.7. The van der Waals surface area contributed by atoms with Crippen LogP contribution in [0.1, 0.15) is 19.4 Å². The van der Waals surface area contributed by atoms with E-state index in [0.717, 1.165) is 10.9 Å². The highest BCUT2D eigenvalue weighted by atomic mass is 16.2. The van der Waals surface area contributed by atoms with Crippen molar-refractivity contribution in [1.82, 2.24) is 15.6 Å². The Morgan fingerprint density at radius 1 is 1.25 bits per heavy atom. The van der Waals surface area contributed by atoms with Crippen molar-refractivity contribution in [3.63, 3.8) is 0 Å². The number of aromatic nitrogens is 1. The van der Waals surface area contributed by atoms with Crippen molar-refractivity contribution in [1.29, 1.82) is 0 Å². The van der Waals surface area contributed by atoms with E-state index in [1.807, 2.05) is 38.4 Å². The van der Waals surface area contributed by atoms with Crippen LogP contribution in [0.2, 0.25) is 0 Å². The summed E-state index contributed by atoms with van der Waals surface area (Å²) in [6.45, 7) is 5.19. The SMILES string of the molecule is CNC(=O)C(C)(C)CNCc1cncc2ccccc12. The van der Waals surface area contributed by atoms with Crippen molar-refractivity contribution in [3.8, 4) is 0 Å². The van der Waals surface area contributed by atoms with Crippen LogP contribution >= 0.6 is 0 Å². The molecule has 2 N–H and O–H groups in total. The van der Waals surface area contributed by atoms with Crippen LogP contribution in [0.3, 0.4) is 0 Å². The summed E-state index contributed by atoms with van der Waals surface area (Å²) in [6, 6.07) is 8.19. The van der Waals surface area contributed by atoms with Gasteiger partial charge >= 0.3 is 0 Å². The summed E-state index contributed by atoms with van der Waals surface area (Å²) in [5.74, 6) is 0.0426. The van der Waals surface area contributed by atoms with Crippen molar-refractivity contribution >= 4 is 16.7 Å². The van der Waals surface area contributed by atoms with Crippen LogP contribution in [0.15, 0.2) is 36.7 Å². The Hall–Kier alpha value is -1.94. The molecule has 0 saturated heterocycles. The number of hydrogen-bond donors (Lipinski definition) is 2. The van der Waals surface area contributed by atoms with Crippen LogP contribution < -0.4 is 10.6 Å². The Balaban J connectivity index is 2.05. The molecular formula is C16H21N3O. The minimum atomic E-state index is -0.424. The quantitative estimate of drug-likeness (QED) is 0.875. The van der Waals surface area contributed by atoms with Gasteiger partial charge in [-0.15, -0.1) is 0 Å². The predicted octanol–water partition coefficient (Wildman–Crippen LogP) is 2.10. The van der Waals surface area contributed by atoms with Crippen molar-refractivity contribution < 1.29 is 4.79 Å². The van der Waals surface area contributed by atoms with Crippen LogP contribution in [0.4, 0.5) is 0 Å². The monoisotopic (exact) mass is 271 g/mol. The molecule has 0 radical (unpaired) electrons. The number of carbonyl (C=O) groups excluding carboxylic acids is 1. The zero-order valence-electron chi connectivity index (χ0n) is 12.2. The van der Waals surface area contributed by atoms with Gasteiger partial charge in [0.25, 0.3) is 0 Å². The van der Waals surface area contributed by atoms with E-state index < -0.39 is 5.41 Å². The highest BCUT2D eigenvalue weighted by Crippen LogP contribution is 2.18. The van der Waals surface area contributed by atoms with Crippen LogP contribution in [0, 0.1) is 5.41 Å². The minimum Gasteiger partial charge on any atom is -0.359 e. The van der Waals surface area contributed by atoms with E-state index in [1.165, 1.54) is 5.39 Å². The second kappa shape index (κ2) is 6.01. The second-order valence-corrected chi connectivity index (χ2v) is 5.59. The standard InChI is InChI=1S/C16H21N3O/c1-16(2,15(20)17-3)11-19-10-13-9-18-8-12-6-4-5-7-14(12)13/h4-9,19H,10-11H2,1-3H3,(H,17,20). The Kier molecular flexibility index (Phi) is 4.35. The molecule has 1 aromatic heterocycles. The van der Waals surface area contributed by atoms with Crippen molar-refractivity contribution in [3.05, 3.63) is 42.2 Å². The van der Waals surface area contributed by atoms with Crippen LogP contribution in [0.5, 0.6) is 0 Å². The lowest BCUT2D eigenvalue weighted by Gasteiger charge is -2.23. The summed E-state index contributed by atoms with van der Waals surface area (Å²) < 4.78 is 0. The van der Waals surface area contributed by atoms with Gasteiger partial charge in [-0.1, -0.05) is 24.3 Å². The van der Waals surface area contributed by atoms with E-state index in [-0.39, 0.29) is 5.91 Å². The first-order chi connectivity index (χ1) is 9.54. The second-order valence-electron chi connectivity index (χ2n) is 5.59. The fraction of sp³-hybridized carbons (Fsp3) is 0.375. The third-order valence-corrected chi connectivity index (χ3v) is 3.47. The van der Waals surface area contributed by atoms with Gasteiger partial charge in [-0.05, 0) is 24.8 Å². The Labute approximate surface area is 119 Å². The number of nitrogens with one attached hydrogen (secondary N) is 2. The molecule has 0 fully saturated rings. The predicted molar refractivity (Wildman–Crippen MR) is 81.3 cm³/mol. The zero-order valence-corrected chi connectivity index (χ0v) is 12.2. The molecule has 20 heavy (non-hydrogen) atoms. The van der Waals surface area contributed by atoms with Gasteiger partial charge in [-0.25, -0.2) is 0 Å². The fourth-order valence-corrected chi connectivity index (χ4v) is 2.25. The van der Waals surface area contributed by atoms with Gasteiger partial charge in [-0.3, -0.25) is 9.78 Å². The molecule has 0 atom stereocenters. The number of hydrogen-bond acceptors (Lipinski definition) is 3. The third kappa shape index (κ3) is 3.14. The van der Waals surface area contributed by atoms with E-state index in [9.17, 15) is 4.79 Å². The molecule has 1 amide bonds. The number of pyridine rings is 1. The summed E-state index contributed by atoms with van der Waals surface area (Å²) in [7, 11) is 1.67. The molecule has 4 nitrogen and oxygen atoms in total. The molecule has 0 spiro atoms. The van der Waals surface area contributed by atoms with E-state index in [0.29, 0.717) is 13.1 Å². The molecule has 0 unspecified atom stereocenters. The van der Waals surface area contributed by atoms with Gasteiger partial charge in [0, 0.05) is 37.9 Å². The Morgan fingerprint density at radius 2 is 2.00 bits per heavy atom. The Morgan fingerprint density at radius 3 is 2.75 bits per heavy atom. The lowest BCUT2D eigenvalue weighted by atomic mass is 9.92. The average Bonchev–Trinajstić information content (AvgIpc) is 2.46. The van der Waals surface area contributed by atoms with E-state index in [4.69, 9.17) is 0 Å². The van der Waals surface area contributed by atoms with Gasteiger partial charge in [0.15, 0.2) is 0 Å². The van der Waals surface area contributed by atoms with E-state index >= 15 is 0 Å². The number of carbonyl (C=O) groups is 1. The first-order valence-corrected chi connectivity index (χ1v) is 6.79. The topological polar surface area (TPSA) is 54.0 Å². The zero-order chi connectivity index (χ0) is 14.6. The lowest BCUT2D eigenvalue weighted by molar-refractivity contribution is -0.128. The van der Waals surface area contributed by atoms with Gasteiger partial charge in [0.1, 0.15) is 0 Å². The highest BCUT2D eigenvalue weighted by molar-refractivity contribution is 5.84. The molecule has 4 heteroatoms. The summed E-state index contributed by atoms with van der Waals surface area (Å²) in [6.07, 6.45) is 3.75. The molecule has 0 aliphatic carbocycles. The molecule has 0 aliphatic heterocycles. The van der Waals surface area contributed by atoms with Gasteiger partial charge in [-0.2, -0.15) is 0 Å². The minimum absolute atomic E-state index is 0.0426. The van der Waals surface area contributed by atoms with Crippen molar-refractivity contribution in [2.45, 2.75) is 20.4 Å². The smallest absolute Gasteiger partial charge is 0.226 e. The maximum Gasteiger partial charge on any atom is 0.226 e.